The van der Waals surface area contributed by atoms with Crippen LogP contribution in [0.1, 0.15) is 16.7 Å². The molecule has 0 spiro atoms. The Labute approximate surface area is 184 Å². The van der Waals surface area contributed by atoms with Gasteiger partial charge in [-0.1, -0.05) is 12.1 Å². The van der Waals surface area contributed by atoms with E-state index in [1.807, 2.05) is 19.9 Å². The summed E-state index contributed by atoms with van der Waals surface area (Å²) in [5.41, 5.74) is 2.35. The summed E-state index contributed by atoms with van der Waals surface area (Å²) in [6, 6.07) is 9.13. The first kappa shape index (κ1) is 22.5. The fourth-order valence-electron chi connectivity index (χ4n) is 3.23. The minimum atomic E-state index is -0.814. The molecule has 1 saturated heterocycles. The molecule has 1 heterocycles. The number of ether oxygens (including phenoxy) is 3. The topological polar surface area (TPSA) is 111 Å². The monoisotopic (exact) mass is 438 g/mol. The summed E-state index contributed by atoms with van der Waals surface area (Å²) in [5, 5.41) is 2.20. The summed E-state index contributed by atoms with van der Waals surface area (Å²) in [6.07, 6.45) is 1.35. The van der Waals surface area contributed by atoms with Crippen LogP contribution in [-0.4, -0.2) is 44.6 Å². The van der Waals surface area contributed by atoms with Crippen LogP contribution in [0.5, 0.6) is 11.5 Å². The number of imide groups is 2. The van der Waals surface area contributed by atoms with Crippen LogP contribution in [0.15, 0.2) is 42.0 Å². The van der Waals surface area contributed by atoms with Crippen molar-refractivity contribution in [2.75, 3.05) is 25.7 Å². The fourth-order valence-corrected chi connectivity index (χ4v) is 3.23. The van der Waals surface area contributed by atoms with Crippen LogP contribution in [0, 0.1) is 13.8 Å². The SMILES string of the molecule is COC(=O)COc1ccc(/C=C2/C(=O)NC(=O)N(c3cc(C)cc(C)c3)C2=O)cc1OC. The van der Waals surface area contributed by atoms with Crippen molar-refractivity contribution in [3.8, 4) is 11.5 Å². The van der Waals surface area contributed by atoms with Crippen molar-refractivity contribution in [2.45, 2.75) is 13.8 Å². The Morgan fingerprint density at radius 3 is 2.31 bits per heavy atom. The van der Waals surface area contributed by atoms with Gasteiger partial charge in [0.25, 0.3) is 11.8 Å². The van der Waals surface area contributed by atoms with Crippen LogP contribution < -0.4 is 19.7 Å². The van der Waals surface area contributed by atoms with Gasteiger partial charge in [0.05, 0.1) is 19.9 Å². The third-order valence-corrected chi connectivity index (χ3v) is 4.64. The van der Waals surface area contributed by atoms with Crippen LogP contribution in [-0.2, 0) is 19.1 Å². The lowest BCUT2D eigenvalue weighted by atomic mass is 10.0. The van der Waals surface area contributed by atoms with E-state index in [9.17, 15) is 19.2 Å². The lowest BCUT2D eigenvalue weighted by Gasteiger charge is -2.27. The number of aryl methyl sites for hydroxylation is 2. The first-order valence-electron chi connectivity index (χ1n) is 9.61. The second-order valence-electron chi connectivity index (χ2n) is 7.08. The Bertz CT molecular complexity index is 1120. The zero-order valence-corrected chi connectivity index (χ0v) is 18.1. The van der Waals surface area contributed by atoms with Gasteiger partial charge in [-0.05, 0) is 60.9 Å². The number of urea groups is 1. The number of methoxy groups -OCH3 is 2. The molecule has 32 heavy (non-hydrogen) atoms. The van der Waals surface area contributed by atoms with Crippen LogP contribution in [0.25, 0.3) is 6.08 Å². The molecule has 0 radical (unpaired) electrons. The van der Waals surface area contributed by atoms with Crippen LogP contribution in [0.2, 0.25) is 0 Å². The van der Waals surface area contributed by atoms with Gasteiger partial charge in [-0.2, -0.15) is 0 Å². The molecule has 9 nitrogen and oxygen atoms in total. The van der Waals surface area contributed by atoms with Gasteiger partial charge in [0, 0.05) is 0 Å². The van der Waals surface area contributed by atoms with Crippen LogP contribution in [0.4, 0.5) is 10.5 Å². The van der Waals surface area contributed by atoms with E-state index in [1.54, 1.807) is 18.2 Å². The number of anilines is 1. The number of hydrogen-bond acceptors (Lipinski definition) is 7. The summed E-state index contributed by atoms with van der Waals surface area (Å²) >= 11 is 0. The zero-order chi connectivity index (χ0) is 23.4. The highest BCUT2D eigenvalue weighted by Crippen LogP contribution is 2.30. The maximum atomic E-state index is 13.1. The Balaban J connectivity index is 1.94. The molecule has 0 atom stereocenters. The van der Waals surface area contributed by atoms with E-state index in [-0.39, 0.29) is 23.7 Å². The number of esters is 1. The van der Waals surface area contributed by atoms with E-state index >= 15 is 0 Å². The van der Waals surface area contributed by atoms with E-state index < -0.39 is 23.8 Å². The predicted octanol–water partition coefficient (Wildman–Crippen LogP) is 2.53. The molecule has 0 aromatic heterocycles. The summed E-state index contributed by atoms with van der Waals surface area (Å²) in [4.78, 5) is 50.1. The number of hydrogen-bond donors (Lipinski definition) is 1. The number of nitrogens with one attached hydrogen (secondary N) is 1. The minimum absolute atomic E-state index is 0.214. The Morgan fingerprint density at radius 2 is 1.69 bits per heavy atom. The average Bonchev–Trinajstić information content (AvgIpc) is 2.74. The van der Waals surface area contributed by atoms with Crippen LogP contribution in [0.3, 0.4) is 0 Å². The van der Waals surface area contributed by atoms with Crippen molar-refractivity contribution >= 4 is 35.6 Å². The molecular weight excluding hydrogens is 416 g/mol. The summed E-state index contributed by atoms with van der Waals surface area (Å²) < 4.78 is 15.2. The Morgan fingerprint density at radius 1 is 1.00 bits per heavy atom. The Hall–Kier alpha value is -4.14. The van der Waals surface area contributed by atoms with E-state index in [4.69, 9.17) is 9.47 Å². The standard InChI is InChI=1S/C23H22N2O7/c1-13-7-14(2)9-16(8-13)25-22(28)17(21(27)24-23(25)29)10-15-5-6-18(19(11-15)30-3)32-12-20(26)31-4/h5-11H,12H2,1-4H3,(H,24,27,29)/b17-10-. The number of amides is 4. The lowest BCUT2D eigenvalue weighted by molar-refractivity contribution is -0.143. The fraction of sp³-hybridized carbons (Fsp3) is 0.217. The summed E-state index contributed by atoms with van der Waals surface area (Å²) in [5.74, 6) is -1.53. The molecule has 166 valence electrons. The molecule has 0 aliphatic carbocycles. The number of benzene rings is 2. The molecule has 9 heteroatoms. The van der Waals surface area contributed by atoms with Crippen molar-refractivity contribution in [1.82, 2.24) is 5.32 Å². The minimum Gasteiger partial charge on any atom is -0.493 e. The normalized spacial score (nSPS) is 14.9. The number of rotatable bonds is 6. The van der Waals surface area contributed by atoms with Crippen molar-refractivity contribution in [3.05, 3.63) is 58.7 Å². The molecular formula is C23H22N2O7. The average molecular weight is 438 g/mol. The quantitative estimate of drug-likeness (QED) is 0.419. The number of nitrogens with zero attached hydrogens (tertiary/aromatic N) is 1. The smallest absolute Gasteiger partial charge is 0.343 e. The number of carbonyl (C=O) groups excluding carboxylic acids is 4. The van der Waals surface area contributed by atoms with Crippen molar-refractivity contribution in [2.24, 2.45) is 0 Å². The van der Waals surface area contributed by atoms with E-state index in [2.05, 4.69) is 10.1 Å². The van der Waals surface area contributed by atoms with Crippen molar-refractivity contribution in [3.63, 3.8) is 0 Å². The predicted molar refractivity (Wildman–Crippen MR) is 115 cm³/mol. The molecule has 0 unspecified atom stereocenters. The molecule has 2 aromatic carbocycles. The van der Waals surface area contributed by atoms with E-state index in [0.29, 0.717) is 11.3 Å². The second kappa shape index (κ2) is 9.34. The lowest BCUT2D eigenvalue weighted by Crippen LogP contribution is -2.54. The number of carbonyl (C=O) groups is 4. The maximum absolute atomic E-state index is 13.1. The van der Waals surface area contributed by atoms with Gasteiger partial charge in [-0.3, -0.25) is 14.9 Å². The third kappa shape index (κ3) is 4.77. The first-order chi connectivity index (χ1) is 15.2. The summed E-state index contributed by atoms with van der Waals surface area (Å²) in [6.45, 7) is 3.39. The molecule has 2 aromatic rings. The van der Waals surface area contributed by atoms with Gasteiger partial charge in [-0.15, -0.1) is 0 Å². The molecule has 1 N–H and O–H groups in total. The molecule has 3 rings (SSSR count). The zero-order valence-electron chi connectivity index (χ0n) is 18.1. The van der Waals surface area contributed by atoms with Gasteiger partial charge in [0.15, 0.2) is 18.1 Å². The van der Waals surface area contributed by atoms with Crippen LogP contribution >= 0.6 is 0 Å². The molecule has 4 amide bonds. The number of barbiturate groups is 1. The first-order valence-corrected chi connectivity index (χ1v) is 9.61. The molecule has 1 aliphatic rings. The largest absolute Gasteiger partial charge is 0.493 e. The highest BCUT2D eigenvalue weighted by molar-refractivity contribution is 6.39. The van der Waals surface area contributed by atoms with E-state index in [1.165, 1.54) is 32.4 Å². The highest BCUT2D eigenvalue weighted by Gasteiger charge is 2.37. The van der Waals surface area contributed by atoms with Gasteiger partial charge in [-0.25, -0.2) is 14.5 Å². The van der Waals surface area contributed by atoms with Gasteiger partial charge < -0.3 is 14.2 Å². The third-order valence-electron chi connectivity index (χ3n) is 4.64. The van der Waals surface area contributed by atoms with Gasteiger partial charge in [0.2, 0.25) is 0 Å². The van der Waals surface area contributed by atoms with Gasteiger partial charge in [0.1, 0.15) is 5.57 Å². The molecule has 1 fully saturated rings. The highest BCUT2D eigenvalue weighted by atomic mass is 16.6. The molecule has 0 bridgehead atoms. The second-order valence-corrected chi connectivity index (χ2v) is 7.08. The Kier molecular flexibility index (Phi) is 6.58. The van der Waals surface area contributed by atoms with E-state index in [0.717, 1.165) is 16.0 Å². The molecule has 0 saturated carbocycles. The van der Waals surface area contributed by atoms with Crippen molar-refractivity contribution in [1.29, 1.82) is 0 Å². The summed E-state index contributed by atoms with van der Waals surface area (Å²) in [7, 11) is 2.66. The van der Waals surface area contributed by atoms with Crippen molar-refractivity contribution < 1.29 is 33.4 Å². The molecule has 1 aliphatic heterocycles. The maximum Gasteiger partial charge on any atom is 0.343 e. The van der Waals surface area contributed by atoms with Gasteiger partial charge >= 0.3 is 12.0 Å².